The van der Waals surface area contributed by atoms with E-state index < -0.39 is 17.9 Å². The first-order valence-electron chi connectivity index (χ1n) is 5.30. The second-order valence-electron chi connectivity index (χ2n) is 3.76. The Morgan fingerprint density at radius 1 is 1.10 bits per heavy atom. The number of hydrogen-bond acceptors (Lipinski definition) is 3. The third-order valence-corrected chi connectivity index (χ3v) is 2.37. The molecule has 7 heteroatoms. The molecule has 0 bridgehead atoms. The molecule has 2 rings (SSSR count). The molecule has 1 aromatic carbocycles. The average molecular weight is 282 g/mol. The summed E-state index contributed by atoms with van der Waals surface area (Å²) >= 11 is 0. The van der Waals surface area contributed by atoms with Gasteiger partial charge in [-0.05, 0) is 23.8 Å². The van der Waals surface area contributed by atoms with Gasteiger partial charge in [0.25, 0.3) is 0 Å². The minimum Gasteiger partial charge on any atom is -0.404 e. The summed E-state index contributed by atoms with van der Waals surface area (Å²) in [4.78, 5) is 3.60. The van der Waals surface area contributed by atoms with Crippen LogP contribution in [0.1, 0.15) is 5.56 Å². The molecule has 0 saturated carbocycles. The number of nitriles is 1. The van der Waals surface area contributed by atoms with Crippen LogP contribution in [0.2, 0.25) is 0 Å². The molecular weight excluding hydrogens is 276 g/mol. The highest BCUT2D eigenvalue weighted by Gasteiger charge is 2.32. The van der Waals surface area contributed by atoms with Gasteiger partial charge in [-0.2, -0.15) is 5.26 Å². The molecule has 0 aliphatic carbocycles. The van der Waals surface area contributed by atoms with Gasteiger partial charge in [0.05, 0.1) is 11.8 Å². The van der Waals surface area contributed by atoms with Crippen LogP contribution in [-0.2, 0) is 0 Å². The predicted octanol–water partition coefficient (Wildman–Crippen LogP) is 3.66. The number of rotatable bonds is 2. The van der Waals surface area contributed by atoms with Crippen molar-refractivity contribution in [3.05, 3.63) is 48.0 Å². The van der Waals surface area contributed by atoms with E-state index in [4.69, 9.17) is 5.26 Å². The Bertz CT molecular complexity index is 677. The lowest BCUT2D eigenvalue weighted by molar-refractivity contribution is -0.274. The number of benzene rings is 1. The maximum Gasteiger partial charge on any atom is 0.573 e. The van der Waals surface area contributed by atoms with Gasteiger partial charge in [-0.3, -0.25) is 4.98 Å². The molecule has 0 amide bonds. The molecule has 102 valence electrons. The van der Waals surface area contributed by atoms with E-state index in [0.29, 0.717) is 0 Å². The highest BCUT2D eigenvalue weighted by molar-refractivity contribution is 5.66. The summed E-state index contributed by atoms with van der Waals surface area (Å²) in [6.45, 7) is 0. The molecule has 20 heavy (non-hydrogen) atoms. The van der Waals surface area contributed by atoms with Crippen LogP contribution in [0.25, 0.3) is 11.1 Å². The molecule has 0 radical (unpaired) electrons. The maximum atomic E-state index is 13.0. The number of alkyl halides is 3. The van der Waals surface area contributed by atoms with Crippen molar-refractivity contribution in [3.63, 3.8) is 0 Å². The Labute approximate surface area is 111 Å². The van der Waals surface area contributed by atoms with E-state index in [0.717, 1.165) is 18.3 Å². The molecule has 0 aliphatic rings. The summed E-state index contributed by atoms with van der Waals surface area (Å²) < 4.78 is 53.6. The topological polar surface area (TPSA) is 45.9 Å². The zero-order chi connectivity index (χ0) is 14.8. The summed E-state index contributed by atoms with van der Waals surface area (Å²) in [5.74, 6) is -1.26. The molecule has 0 N–H and O–H groups in total. The quantitative estimate of drug-likeness (QED) is 0.790. The van der Waals surface area contributed by atoms with Gasteiger partial charge in [0, 0.05) is 11.8 Å². The van der Waals surface area contributed by atoms with Gasteiger partial charge in [0.15, 0.2) is 0 Å². The van der Waals surface area contributed by atoms with E-state index in [1.54, 1.807) is 6.07 Å². The zero-order valence-corrected chi connectivity index (χ0v) is 9.78. The fourth-order valence-corrected chi connectivity index (χ4v) is 1.57. The summed E-state index contributed by atoms with van der Waals surface area (Å²) in [5.41, 5.74) is 0.271. The van der Waals surface area contributed by atoms with Crippen LogP contribution in [0, 0.1) is 17.1 Å². The van der Waals surface area contributed by atoms with Crippen molar-refractivity contribution in [2.45, 2.75) is 6.36 Å². The van der Waals surface area contributed by atoms with E-state index >= 15 is 0 Å². The minimum atomic E-state index is -4.91. The van der Waals surface area contributed by atoms with E-state index in [9.17, 15) is 17.6 Å². The highest BCUT2D eigenvalue weighted by atomic mass is 19.4. The smallest absolute Gasteiger partial charge is 0.404 e. The Kier molecular flexibility index (Phi) is 3.57. The number of halogens is 4. The molecule has 3 nitrogen and oxygen atoms in total. The number of hydrogen-bond donors (Lipinski definition) is 0. The normalized spacial score (nSPS) is 10.9. The Morgan fingerprint density at radius 3 is 2.45 bits per heavy atom. The summed E-state index contributed by atoms with van der Waals surface area (Å²) in [7, 11) is 0. The van der Waals surface area contributed by atoms with Crippen LogP contribution in [-0.4, -0.2) is 11.3 Å². The first-order valence-corrected chi connectivity index (χ1v) is 5.30. The second-order valence-corrected chi connectivity index (χ2v) is 3.76. The minimum absolute atomic E-state index is 0.259. The van der Waals surface area contributed by atoms with Crippen molar-refractivity contribution in [1.82, 2.24) is 4.98 Å². The number of pyridine rings is 1. The zero-order valence-electron chi connectivity index (χ0n) is 9.78. The number of nitrogens with zero attached hydrogens (tertiary/aromatic N) is 2. The first-order chi connectivity index (χ1) is 9.39. The number of aromatic nitrogens is 1. The van der Waals surface area contributed by atoms with Gasteiger partial charge >= 0.3 is 6.36 Å². The lowest BCUT2D eigenvalue weighted by atomic mass is 10.1. The summed E-state index contributed by atoms with van der Waals surface area (Å²) in [6, 6.07) is 6.28. The van der Waals surface area contributed by atoms with Crippen LogP contribution in [0.3, 0.4) is 0 Å². The van der Waals surface area contributed by atoms with E-state index in [2.05, 4.69) is 9.72 Å². The summed E-state index contributed by atoms with van der Waals surface area (Å²) in [5, 5.41) is 8.75. The van der Waals surface area contributed by atoms with Crippen molar-refractivity contribution in [2.75, 3.05) is 0 Å². The Hall–Kier alpha value is -2.62. The molecule has 0 saturated heterocycles. The average Bonchev–Trinajstić information content (AvgIpc) is 2.37. The third-order valence-electron chi connectivity index (χ3n) is 2.37. The molecule has 2 aromatic rings. The van der Waals surface area contributed by atoms with Crippen molar-refractivity contribution < 1.29 is 22.3 Å². The van der Waals surface area contributed by atoms with E-state index in [1.807, 2.05) is 0 Å². The lowest BCUT2D eigenvalue weighted by Gasteiger charge is -2.11. The SMILES string of the molecule is N#Cc1ccc(-c2cncc(F)c2)cc1OC(F)(F)F. The largest absolute Gasteiger partial charge is 0.573 e. The molecule has 0 fully saturated rings. The molecule has 1 aromatic heterocycles. The first kappa shape index (κ1) is 13.8. The van der Waals surface area contributed by atoms with Crippen molar-refractivity contribution in [1.29, 1.82) is 5.26 Å². The summed E-state index contributed by atoms with van der Waals surface area (Å²) in [6.07, 6.45) is -2.65. The van der Waals surface area contributed by atoms with Gasteiger partial charge in [-0.25, -0.2) is 4.39 Å². The molecule has 0 atom stereocenters. The van der Waals surface area contributed by atoms with Gasteiger partial charge in [-0.1, -0.05) is 6.07 Å². The van der Waals surface area contributed by atoms with E-state index in [1.165, 1.54) is 18.3 Å². The van der Waals surface area contributed by atoms with E-state index in [-0.39, 0.29) is 16.7 Å². The third kappa shape index (κ3) is 3.23. The van der Waals surface area contributed by atoms with Crippen LogP contribution < -0.4 is 4.74 Å². The van der Waals surface area contributed by atoms with Gasteiger partial charge in [0.1, 0.15) is 17.6 Å². The van der Waals surface area contributed by atoms with Gasteiger partial charge in [-0.15, -0.1) is 13.2 Å². The Morgan fingerprint density at radius 2 is 1.85 bits per heavy atom. The van der Waals surface area contributed by atoms with Crippen LogP contribution in [0.15, 0.2) is 36.7 Å². The monoisotopic (exact) mass is 282 g/mol. The second kappa shape index (κ2) is 5.17. The van der Waals surface area contributed by atoms with Crippen molar-refractivity contribution >= 4 is 0 Å². The van der Waals surface area contributed by atoms with Crippen molar-refractivity contribution in [2.24, 2.45) is 0 Å². The molecule has 0 unspecified atom stereocenters. The predicted molar refractivity (Wildman–Crippen MR) is 61.0 cm³/mol. The van der Waals surface area contributed by atoms with Gasteiger partial charge < -0.3 is 4.74 Å². The van der Waals surface area contributed by atoms with Crippen LogP contribution >= 0.6 is 0 Å². The van der Waals surface area contributed by atoms with Gasteiger partial charge in [0.2, 0.25) is 0 Å². The molecule has 0 aliphatic heterocycles. The number of ether oxygens (including phenoxy) is 1. The lowest BCUT2D eigenvalue weighted by Crippen LogP contribution is -2.17. The molecular formula is C13H6F4N2O. The standard InChI is InChI=1S/C13H6F4N2O/c14-11-3-10(6-19-7-11)8-1-2-9(5-18)12(4-8)20-13(15,16)17/h1-4,6-7H. The fourth-order valence-electron chi connectivity index (χ4n) is 1.57. The molecule has 0 spiro atoms. The highest BCUT2D eigenvalue weighted by Crippen LogP contribution is 2.31. The van der Waals surface area contributed by atoms with Crippen molar-refractivity contribution in [3.8, 4) is 22.9 Å². The molecule has 1 heterocycles. The van der Waals surface area contributed by atoms with Crippen LogP contribution in [0.4, 0.5) is 17.6 Å². The maximum absolute atomic E-state index is 13.0. The van der Waals surface area contributed by atoms with Crippen LogP contribution in [0.5, 0.6) is 5.75 Å². The fraction of sp³-hybridized carbons (Fsp3) is 0.0769. The Balaban J connectivity index is 2.47.